The molecule has 1 aromatic rings. The fourth-order valence-electron chi connectivity index (χ4n) is 2.25. The average molecular weight is 287 g/mol. The second kappa shape index (κ2) is 5.15. The van der Waals surface area contributed by atoms with E-state index in [9.17, 15) is 22.8 Å². The van der Waals surface area contributed by atoms with Crippen LogP contribution in [-0.2, 0) is 20.5 Å². The predicted molar refractivity (Wildman–Crippen MR) is 62.7 cm³/mol. The molecular weight excluding hydrogens is 275 g/mol. The molecule has 2 rings (SSSR count). The number of ether oxygens (including phenoxy) is 1. The number of hydrogen-bond acceptors (Lipinski definition) is 3. The Hall–Kier alpha value is -2.05. The number of rotatable bonds is 2. The lowest BCUT2D eigenvalue weighted by Gasteiger charge is -2.16. The van der Waals surface area contributed by atoms with Gasteiger partial charge in [0.25, 0.3) is 0 Å². The van der Waals surface area contributed by atoms with Crippen molar-refractivity contribution in [1.29, 1.82) is 0 Å². The molecule has 0 saturated carbocycles. The maximum Gasteiger partial charge on any atom is 0.416 e. The maximum absolute atomic E-state index is 12.5. The third-order valence-corrected chi connectivity index (χ3v) is 3.30. The minimum absolute atomic E-state index is 0.198. The van der Waals surface area contributed by atoms with Gasteiger partial charge in [0, 0.05) is 12.5 Å². The Bertz CT molecular complexity index is 525. The second-order valence-corrected chi connectivity index (χ2v) is 4.47. The third kappa shape index (κ3) is 2.61. The maximum atomic E-state index is 12.5. The first kappa shape index (κ1) is 14.4. The molecule has 0 bridgehead atoms. The number of methoxy groups -OCH3 is 1. The van der Waals surface area contributed by atoms with Crippen molar-refractivity contribution >= 4 is 11.9 Å². The fourth-order valence-corrected chi connectivity index (χ4v) is 2.25. The van der Waals surface area contributed by atoms with E-state index < -0.39 is 35.5 Å². The SMILES string of the molecule is COC(=O)C1C(=O)NCC1c1ccc(C(F)(F)F)cc1. The summed E-state index contributed by atoms with van der Waals surface area (Å²) in [6.45, 7) is 0.198. The highest BCUT2D eigenvalue weighted by Gasteiger charge is 2.42. The van der Waals surface area contributed by atoms with Gasteiger partial charge in [0.15, 0.2) is 0 Å². The van der Waals surface area contributed by atoms with Crippen molar-refractivity contribution in [3.8, 4) is 0 Å². The lowest BCUT2D eigenvalue weighted by atomic mass is 9.88. The number of hydrogen-bond donors (Lipinski definition) is 1. The van der Waals surface area contributed by atoms with Gasteiger partial charge in [-0.3, -0.25) is 9.59 Å². The van der Waals surface area contributed by atoms with Gasteiger partial charge < -0.3 is 10.1 Å². The Balaban J connectivity index is 2.27. The van der Waals surface area contributed by atoms with Crippen LogP contribution in [0, 0.1) is 5.92 Å². The van der Waals surface area contributed by atoms with Gasteiger partial charge in [-0.15, -0.1) is 0 Å². The Morgan fingerprint density at radius 2 is 1.90 bits per heavy atom. The molecule has 0 spiro atoms. The number of nitrogens with one attached hydrogen (secondary N) is 1. The number of alkyl halides is 3. The fraction of sp³-hybridized carbons (Fsp3) is 0.385. The number of halogens is 3. The standard InChI is InChI=1S/C13H12F3NO3/c1-20-12(19)10-9(6-17-11(10)18)7-2-4-8(5-3-7)13(14,15)16/h2-5,9-10H,6H2,1H3,(H,17,18). The molecule has 2 unspecified atom stereocenters. The highest BCUT2D eigenvalue weighted by molar-refractivity contribution is 6.00. The van der Waals surface area contributed by atoms with Crippen LogP contribution in [0.2, 0.25) is 0 Å². The molecule has 1 heterocycles. The molecule has 1 aliphatic rings. The summed E-state index contributed by atoms with van der Waals surface area (Å²) >= 11 is 0. The molecule has 2 atom stereocenters. The van der Waals surface area contributed by atoms with Crippen molar-refractivity contribution in [2.75, 3.05) is 13.7 Å². The molecule has 0 radical (unpaired) electrons. The van der Waals surface area contributed by atoms with Gasteiger partial charge >= 0.3 is 12.1 Å². The zero-order valence-corrected chi connectivity index (χ0v) is 10.5. The molecule has 4 nitrogen and oxygen atoms in total. The summed E-state index contributed by atoms with van der Waals surface area (Å²) < 4.78 is 42.0. The molecule has 7 heteroatoms. The Morgan fingerprint density at radius 3 is 2.40 bits per heavy atom. The van der Waals surface area contributed by atoms with Gasteiger partial charge in [-0.25, -0.2) is 0 Å². The monoisotopic (exact) mass is 287 g/mol. The van der Waals surface area contributed by atoms with Crippen molar-refractivity contribution < 1.29 is 27.5 Å². The van der Waals surface area contributed by atoms with Crippen molar-refractivity contribution in [3.05, 3.63) is 35.4 Å². The van der Waals surface area contributed by atoms with Gasteiger partial charge in [0.1, 0.15) is 5.92 Å². The predicted octanol–water partition coefficient (Wildman–Crippen LogP) is 1.71. The van der Waals surface area contributed by atoms with E-state index in [1.807, 2.05) is 0 Å². The molecule has 1 fully saturated rings. The average Bonchev–Trinajstić information content (AvgIpc) is 2.79. The summed E-state index contributed by atoms with van der Waals surface area (Å²) in [6, 6.07) is 4.44. The van der Waals surface area contributed by atoms with E-state index in [1.165, 1.54) is 12.1 Å². The Labute approximate surface area is 112 Å². The first-order chi connectivity index (χ1) is 9.34. The van der Waals surface area contributed by atoms with E-state index in [0.29, 0.717) is 5.56 Å². The normalized spacial score (nSPS) is 22.5. The van der Waals surface area contributed by atoms with Crippen LogP contribution in [0.25, 0.3) is 0 Å². The summed E-state index contributed by atoms with van der Waals surface area (Å²) in [7, 11) is 1.16. The van der Waals surface area contributed by atoms with Gasteiger partial charge in [-0.05, 0) is 17.7 Å². The summed E-state index contributed by atoms with van der Waals surface area (Å²) in [6.07, 6.45) is -4.41. The van der Waals surface area contributed by atoms with Crippen LogP contribution in [0.3, 0.4) is 0 Å². The topological polar surface area (TPSA) is 55.4 Å². The van der Waals surface area contributed by atoms with E-state index in [4.69, 9.17) is 0 Å². The van der Waals surface area contributed by atoms with Crippen LogP contribution in [0.5, 0.6) is 0 Å². The molecular formula is C13H12F3NO3. The first-order valence-corrected chi connectivity index (χ1v) is 5.87. The van der Waals surface area contributed by atoms with E-state index >= 15 is 0 Å². The molecule has 20 heavy (non-hydrogen) atoms. The number of benzene rings is 1. The first-order valence-electron chi connectivity index (χ1n) is 5.87. The summed E-state index contributed by atoms with van der Waals surface area (Å²) in [5.74, 6) is -2.69. The lowest BCUT2D eigenvalue weighted by molar-refractivity contribution is -0.149. The smallest absolute Gasteiger partial charge is 0.416 e. The second-order valence-electron chi connectivity index (χ2n) is 4.47. The molecule has 1 N–H and O–H groups in total. The van der Waals surface area contributed by atoms with E-state index in [2.05, 4.69) is 10.1 Å². The van der Waals surface area contributed by atoms with Gasteiger partial charge in [-0.1, -0.05) is 12.1 Å². The van der Waals surface area contributed by atoms with Gasteiger partial charge in [-0.2, -0.15) is 13.2 Å². The van der Waals surface area contributed by atoms with Crippen molar-refractivity contribution in [3.63, 3.8) is 0 Å². The molecule has 0 aliphatic carbocycles. The largest absolute Gasteiger partial charge is 0.468 e. The van der Waals surface area contributed by atoms with E-state index in [1.54, 1.807) is 0 Å². The van der Waals surface area contributed by atoms with Crippen LogP contribution < -0.4 is 5.32 Å². The zero-order valence-electron chi connectivity index (χ0n) is 10.5. The third-order valence-electron chi connectivity index (χ3n) is 3.30. The summed E-state index contributed by atoms with van der Waals surface area (Å²) in [4.78, 5) is 23.2. The van der Waals surface area contributed by atoms with Gasteiger partial charge in [0.05, 0.1) is 12.7 Å². The molecule has 1 aromatic carbocycles. The summed E-state index contributed by atoms with van der Waals surface area (Å²) in [5, 5.41) is 2.52. The number of amides is 1. The van der Waals surface area contributed by atoms with Crippen molar-refractivity contribution in [1.82, 2.24) is 5.32 Å². The summed E-state index contributed by atoms with van der Waals surface area (Å²) in [5.41, 5.74) is -0.278. The van der Waals surface area contributed by atoms with Gasteiger partial charge in [0.2, 0.25) is 5.91 Å². The van der Waals surface area contributed by atoms with E-state index in [-0.39, 0.29) is 6.54 Å². The van der Waals surface area contributed by atoms with Crippen LogP contribution in [0.15, 0.2) is 24.3 Å². The van der Waals surface area contributed by atoms with Crippen molar-refractivity contribution in [2.24, 2.45) is 5.92 Å². The van der Waals surface area contributed by atoms with Crippen LogP contribution >= 0.6 is 0 Å². The highest BCUT2D eigenvalue weighted by Crippen LogP contribution is 2.33. The minimum Gasteiger partial charge on any atom is -0.468 e. The highest BCUT2D eigenvalue weighted by atomic mass is 19.4. The Morgan fingerprint density at radius 1 is 1.30 bits per heavy atom. The number of carbonyl (C=O) groups is 2. The number of esters is 1. The molecule has 1 saturated heterocycles. The minimum atomic E-state index is -4.41. The number of carbonyl (C=O) groups excluding carboxylic acids is 2. The lowest BCUT2D eigenvalue weighted by Crippen LogP contribution is -2.28. The molecule has 0 aromatic heterocycles. The molecule has 1 aliphatic heterocycles. The van der Waals surface area contributed by atoms with Crippen molar-refractivity contribution in [2.45, 2.75) is 12.1 Å². The quantitative estimate of drug-likeness (QED) is 0.665. The zero-order chi connectivity index (χ0) is 14.9. The van der Waals surface area contributed by atoms with Crippen LogP contribution in [-0.4, -0.2) is 25.5 Å². The van der Waals surface area contributed by atoms with E-state index in [0.717, 1.165) is 19.2 Å². The molecule has 108 valence electrons. The Kier molecular flexibility index (Phi) is 3.69. The van der Waals surface area contributed by atoms with Crippen LogP contribution in [0.1, 0.15) is 17.0 Å². The molecule has 1 amide bonds. The van der Waals surface area contributed by atoms with Crippen LogP contribution in [0.4, 0.5) is 13.2 Å².